The molecular weight excluding hydrogens is 250 g/mol. The van der Waals surface area contributed by atoms with Crippen LogP contribution in [0.25, 0.3) is 0 Å². The van der Waals surface area contributed by atoms with Gasteiger partial charge in [-0.3, -0.25) is 0 Å². The molecule has 0 amide bonds. The van der Waals surface area contributed by atoms with Crippen LogP contribution >= 0.6 is 11.6 Å². The summed E-state index contributed by atoms with van der Waals surface area (Å²) < 4.78 is 28.2. The predicted molar refractivity (Wildman–Crippen MR) is 62.6 cm³/mol. The van der Waals surface area contributed by atoms with E-state index in [0.29, 0.717) is 10.6 Å². The Kier molecular flexibility index (Phi) is 5.82. The minimum Gasteiger partial charge on any atom is -0.388 e. The molecule has 0 aliphatic rings. The summed E-state index contributed by atoms with van der Waals surface area (Å²) in [5.41, 5.74) is 1.60. The normalized spacial score (nSPS) is 13.1. The smallest absolute Gasteiger partial charge is 0.261 e. The van der Waals surface area contributed by atoms with Gasteiger partial charge in [-0.25, -0.2) is 8.78 Å². The number of aryl methyl sites for hydroxylation is 1. The van der Waals surface area contributed by atoms with Gasteiger partial charge >= 0.3 is 0 Å². The zero-order chi connectivity index (χ0) is 12.8. The number of aliphatic hydroxyl groups is 1. The summed E-state index contributed by atoms with van der Waals surface area (Å²) in [7, 11) is 0. The molecule has 96 valence electrons. The monoisotopic (exact) mass is 264 g/mol. The van der Waals surface area contributed by atoms with E-state index in [4.69, 9.17) is 16.3 Å². The van der Waals surface area contributed by atoms with Crippen molar-refractivity contribution in [3.8, 4) is 0 Å². The first-order chi connectivity index (χ1) is 8.00. The fourth-order valence-electron chi connectivity index (χ4n) is 1.35. The highest BCUT2D eigenvalue weighted by atomic mass is 35.5. The lowest BCUT2D eigenvalue weighted by Crippen LogP contribution is -2.08. The number of alkyl halides is 2. The van der Waals surface area contributed by atoms with Gasteiger partial charge in [0.1, 0.15) is 6.61 Å². The summed E-state index contributed by atoms with van der Waals surface area (Å²) in [4.78, 5) is 0. The second-order valence-electron chi connectivity index (χ2n) is 3.78. The van der Waals surface area contributed by atoms with Crippen LogP contribution in [0.2, 0.25) is 5.02 Å². The molecule has 0 aliphatic carbocycles. The molecule has 17 heavy (non-hydrogen) atoms. The Morgan fingerprint density at radius 2 is 2.12 bits per heavy atom. The van der Waals surface area contributed by atoms with Crippen molar-refractivity contribution in [2.24, 2.45) is 0 Å². The van der Waals surface area contributed by atoms with E-state index in [9.17, 15) is 13.9 Å². The second-order valence-corrected chi connectivity index (χ2v) is 4.19. The van der Waals surface area contributed by atoms with Gasteiger partial charge in [0.05, 0.1) is 6.10 Å². The number of aliphatic hydroxyl groups excluding tert-OH is 1. The molecule has 0 aromatic heterocycles. The predicted octanol–water partition coefficient (Wildman–Crippen LogP) is 3.35. The number of hydrogen-bond donors (Lipinski definition) is 1. The van der Waals surface area contributed by atoms with Gasteiger partial charge in [-0.1, -0.05) is 23.7 Å². The van der Waals surface area contributed by atoms with Gasteiger partial charge in [-0.05, 0) is 24.1 Å². The van der Waals surface area contributed by atoms with Gasteiger partial charge in [0.15, 0.2) is 0 Å². The van der Waals surface area contributed by atoms with E-state index in [1.807, 2.05) is 6.92 Å². The standard InChI is InChI=1S/C12H15ClF2O2/c1-8-2-3-9(6-10(8)13)11(16)4-5-17-7-12(14)15/h2-3,6,11-12,16H,4-5,7H2,1H3. The van der Waals surface area contributed by atoms with Crippen LogP contribution in [0, 0.1) is 6.92 Å². The number of hydrogen-bond acceptors (Lipinski definition) is 2. The average molecular weight is 265 g/mol. The Bertz CT molecular complexity index is 358. The lowest BCUT2D eigenvalue weighted by atomic mass is 10.1. The van der Waals surface area contributed by atoms with Crippen molar-refractivity contribution < 1.29 is 18.6 Å². The molecule has 0 aliphatic heterocycles. The Balaban J connectivity index is 2.41. The van der Waals surface area contributed by atoms with E-state index in [0.717, 1.165) is 5.56 Å². The van der Waals surface area contributed by atoms with Crippen LogP contribution in [-0.4, -0.2) is 24.7 Å². The van der Waals surface area contributed by atoms with Gasteiger partial charge in [-0.15, -0.1) is 0 Å². The Morgan fingerprint density at radius 1 is 1.41 bits per heavy atom. The van der Waals surface area contributed by atoms with E-state index in [2.05, 4.69) is 0 Å². The molecule has 0 radical (unpaired) electrons. The number of benzene rings is 1. The summed E-state index contributed by atoms with van der Waals surface area (Å²) in [5, 5.41) is 10.4. The molecule has 0 bridgehead atoms. The lowest BCUT2D eigenvalue weighted by molar-refractivity contribution is 0.00481. The Labute approximate surface area is 104 Å². The van der Waals surface area contributed by atoms with Gasteiger partial charge in [-0.2, -0.15) is 0 Å². The van der Waals surface area contributed by atoms with E-state index < -0.39 is 19.1 Å². The fourth-order valence-corrected chi connectivity index (χ4v) is 1.54. The molecule has 0 fully saturated rings. The van der Waals surface area contributed by atoms with Crippen molar-refractivity contribution in [2.45, 2.75) is 25.9 Å². The van der Waals surface area contributed by atoms with Crippen LogP contribution in [0.4, 0.5) is 8.78 Å². The number of ether oxygens (including phenoxy) is 1. The third kappa shape index (κ3) is 4.98. The fraction of sp³-hybridized carbons (Fsp3) is 0.500. The molecule has 1 aromatic carbocycles. The highest BCUT2D eigenvalue weighted by molar-refractivity contribution is 6.31. The lowest BCUT2D eigenvalue weighted by Gasteiger charge is -2.12. The zero-order valence-electron chi connectivity index (χ0n) is 9.50. The average Bonchev–Trinajstić information content (AvgIpc) is 2.27. The minimum absolute atomic E-state index is 0.0942. The molecule has 1 rings (SSSR count). The molecule has 0 spiro atoms. The van der Waals surface area contributed by atoms with E-state index >= 15 is 0 Å². The first-order valence-corrected chi connectivity index (χ1v) is 5.68. The van der Waals surface area contributed by atoms with Crippen molar-refractivity contribution in [2.75, 3.05) is 13.2 Å². The van der Waals surface area contributed by atoms with Crippen molar-refractivity contribution >= 4 is 11.6 Å². The maximum atomic E-state index is 11.8. The van der Waals surface area contributed by atoms with E-state index in [-0.39, 0.29) is 13.0 Å². The largest absolute Gasteiger partial charge is 0.388 e. The quantitative estimate of drug-likeness (QED) is 0.799. The summed E-state index contributed by atoms with van der Waals surface area (Å²) in [6.07, 6.45) is -2.95. The summed E-state index contributed by atoms with van der Waals surface area (Å²) in [5.74, 6) is 0. The number of halogens is 3. The summed E-state index contributed by atoms with van der Waals surface area (Å²) >= 11 is 5.92. The van der Waals surface area contributed by atoms with Crippen LogP contribution in [0.5, 0.6) is 0 Å². The van der Waals surface area contributed by atoms with Crippen LogP contribution < -0.4 is 0 Å². The van der Waals surface area contributed by atoms with Crippen molar-refractivity contribution in [3.63, 3.8) is 0 Å². The molecule has 1 atom stereocenters. The molecule has 1 unspecified atom stereocenters. The molecule has 0 heterocycles. The van der Waals surface area contributed by atoms with Crippen molar-refractivity contribution in [1.82, 2.24) is 0 Å². The SMILES string of the molecule is Cc1ccc(C(O)CCOCC(F)F)cc1Cl. The minimum atomic E-state index is -2.47. The topological polar surface area (TPSA) is 29.5 Å². The zero-order valence-corrected chi connectivity index (χ0v) is 10.3. The van der Waals surface area contributed by atoms with Gasteiger partial charge < -0.3 is 9.84 Å². The maximum absolute atomic E-state index is 11.8. The van der Waals surface area contributed by atoms with Gasteiger partial charge in [0.2, 0.25) is 0 Å². The first-order valence-electron chi connectivity index (χ1n) is 5.30. The van der Waals surface area contributed by atoms with Crippen LogP contribution in [0.3, 0.4) is 0 Å². The van der Waals surface area contributed by atoms with Gasteiger partial charge in [0.25, 0.3) is 6.43 Å². The maximum Gasteiger partial charge on any atom is 0.261 e. The van der Waals surface area contributed by atoms with Crippen molar-refractivity contribution in [1.29, 1.82) is 0 Å². The summed E-state index contributed by atoms with van der Waals surface area (Å²) in [6, 6.07) is 5.24. The second kappa shape index (κ2) is 6.89. The molecule has 2 nitrogen and oxygen atoms in total. The van der Waals surface area contributed by atoms with Crippen LogP contribution in [0.1, 0.15) is 23.7 Å². The highest BCUT2D eigenvalue weighted by Gasteiger charge is 2.09. The number of rotatable bonds is 6. The Morgan fingerprint density at radius 3 is 2.71 bits per heavy atom. The van der Waals surface area contributed by atoms with Crippen molar-refractivity contribution in [3.05, 3.63) is 34.3 Å². The van der Waals surface area contributed by atoms with E-state index in [1.165, 1.54) is 0 Å². The third-order valence-electron chi connectivity index (χ3n) is 2.36. The highest BCUT2D eigenvalue weighted by Crippen LogP contribution is 2.23. The van der Waals surface area contributed by atoms with Crippen LogP contribution in [-0.2, 0) is 4.74 Å². The van der Waals surface area contributed by atoms with Crippen LogP contribution in [0.15, 0.2) is 18.2 Å². The van der Waals surface area contributed by atoms with E-state index in [1.54, 1.807) is 18.2 Å². The summed E-state index contributed by atoms with van der Waals surface area (Å²) in [6.45, 7) is 1.36. The molecule has 5 heteroatoms. The Hall–Kier alpha value is -0.710. The molecule has 0 saturated carbocycles. The molecular formula is C12H15ClF2O2. The molecule has 0 saturated heterocycles. The molecule has 1 N–H and O–H groups in total. The molecule has 1 aromatic rings. The first kappa shape index (κ1) is 14.4. The van der Waals surface area contributed by atoms with Gasteiger partial charge in [0, 0.05) is 18.1 Å². The third-order valence-corrected chi connectivity index (χ3v) is 2.77.